The molecule has 15 heteroatoms. The van der Waals surface area contributed by atoms with E-state index in [4.69, 9.17) is 32.7 Å². The summed E-state index contributed by atoms with van der Waals surface area (Å²) >= 11 is 16.7. The van der Waals surface area contributed by atoms with E-state index in [9.17, 15) is 19.2 Å². The van der Waals surface area contributed by atoms with Crippen LogP contribution in [0.1, 0.15) is 30.7 Å². The van der Waals surface area contributed by atoms with Crippen molar-refractivity contribution in [2.24, 2.45) is 0 Å². The van der Waals surface area contributed by atoms with Crippen molar-refractivity contribution < 1.29 is 28.7 Å². The molecule has 2 aromatic heterocycles. The number of imide groups is 1. The van der Waals surface area contributed by atoms with Crippen LogP contribution in [0.15, 0.2) is 65.4 Å². The van der Waals surface area contributed by atoms with Gasteiger partial charge in [0, 0.05) is 36.8 Å². The molecule has 0 saturated carbocycles. The number of pyridine rings is 1. The van der Waals surface area contributed by atoms with Gasteiger partial charge in [-0.2, -0.15) is 0 Å². The molecule has 47 heavy (non-hydrogen) atoms. The van der Waals surface area contributed by atoms with Crippen LogP contribution in [-0.2, 0) is 25.7 Å². The number of fused-ring (bicyclic) bond motifs is 1. The first-order valence-electron chi connectivity index (χ1n) is 14.0. The number of amides is 4. The average Bonchev–Trinajstić information content (AvgIpc) is 3.32. The molecule has 0 radical (unpaired) electrons. The summed E-state index contributed by atoms with van der Waals surface area (Å²) in [5.41, 5.74) is 3.26. The largest absolute Gasteiger partial charge is 0.485 e. The molecule has 0 unspecified atom stereocenters. The number of aryl methyl sites for hydroxylation is 1. The number of rotatable bonds is 10. The molecule has 0 aliphatic carbocycles. The highest BCUT2D eigenvalue weighted by Crippen LogP contribution is 2.35. The lowest BCUT2D eigenvalue weighted by Crippen LogP contribution is -2.37. The number of likely N-dealkylation sites (N-methyl/N-ethyl adjacent to an activating group) is 1. The Balaban J connectivity index is 0.00000600. The van der Waals surface area contributed by atoms with Crippen molar-refractivity contribution in [1.82, 2.24) is 14.7 Å². The minimum absolute atomic E-state index is 0. The Morgan fingerprint density at radius 3 is 2.45 bits per heavy atom. The molecule has 2 heterocycles. The highest BCUT2D eigenvalue weighted by molar-refractivity contribution is 9.10. The van der Waals surface area contributed by atoms with Crippen molar-refractivity contribution in [1.29, 1.82) is 0 Å². The molecule has 0 aliphatic heterocycles. The van der Waals surface area contributed by atoms with Crippen LogP contribution in [0.2, 0.25) is 10.0 Å². The van der Waals surface area contributed by atoms with E-state index in [0.29, 0.717) is 38.9 Å². The van der Waals surface area contributed by atoms with E-state index >= 15 is 0 Å². The van der Waals surface area contributed by atoms with E-state index in [1.165, 1.54) is 31.0 Å². The van der Waals surface area contributed by atoms with Gasteiger partial charge in [-0.3, -0.25) is 18.8 Å². The number of hydrogen-bond acceptors (Lipinski definition) is 7. The van der Waals surface area contributed by atoms with Crippen LogP contribution in [0.25, 0.3) is 11.7 Å². The van der Waals surface area contributed by atoms with Gasteiger partial charge in [0.15, 0.2) is 11.4 Å². The van der Waals surface area contributed by atoms with Gasteiger partial charge >= 0.3 is 6.09 Å². The first kappa shape index (κ1) is 37.4. The zero-order chi connectivity index (χ0) is 33.5. The summed E-state index contributed by atoms with van der Waals surface area (Å²) in [4.78, 5) is 56.2. The first-order chi connectivity index (χ1) is 21.9. The molecule has 0 fully saturated rings. The number of imidazole rings is 1. The summed E-state index contributed by atoms with van der Waals surface area (Å²) in [6, 6.07) is 13.2. The van der Waals surface area contributed by atoms with Gasteiger partial charge in [0.05, 0.1) is 35.2 Å². The van der Waals surface area contributed by atoms with E-state index < -0.39 is 23.8 Å². The van der Waals surface area contributed by atoms with E-state index in [1.54, 1.807) is 49.4 Å². The number of nitrogens with zero attached hydrogens (tertiary/aromatic N) is 4. The van der Waals surface area contributed by atoms with E-state index in [-0.39, 0.29) is 37.2 Å². The van der Waals surface area contributed by atoms with Crippen molar-refractivity contribution in [3.8, 4) is 5.75 Å². The summed E-state index contributed by atoms with van der Waals surface area (Å²) in [7, 11) is 1.54. The first-order valence-corrected chi connectivity index (χ1v) is 15.5. The van der Waals surface area contributed by atoms with Gasteiger partial charge < -0.3 is 19.7 Å². The van der Waals surface area contributed by atoms with Crippen LogP contribution in [-0.4, -0.2) is 53.4 Å². The molecule has 2 aromatic carbocycles. The maximum Gasteiger partial charge on any atom is 0.421 e. The van der Waals surface area contributed by atoms with Gasteiger partial charge in [-0.1, -0.05) is 35.3 Å². The zero-order valence-electron chi connectivity index (χ0n) is 25.8. The fraction of sp³-hybridized carbons (Fsp3) is 0.219. The standard InChI is InChI=1S/C32H30BrCl2N5O6.ClH/c1-5-45-32(44)40(20(3)41)22-11-8-21(9-12-22)10-15-27(42)36-17-28(43)38(4)25-14-13-24(34)23(29(25)35)18-46-26-7-6-16-39-30(33)19(2)37-31(26)39;/h6-16H,5,17-18H2,1-4H3,(H,36,42);1H. The minimum atomic E-state index is -0.774. The zero-order valence-corrected chi connectivity index (χ0v) is 29.7. The van der Waals surface area contributed by atoms with Crippen LogP contribution in [0.3, 0.4) is 0 Å². The van der Waals surface area contributed by atoms with Gasteiger partial charge in [-0.05, 0) is 77.8 Å². The van der Waals surface area contributed by atoms with Crippen LogP contribution < -0.4 is 19.9 Å². The fourth-order valence-electron chi connectivity index (χ4n) is 4.35. The molecule has 4 aromatic rings. The Kier molecular flexibility index (Phi) is 13.2. The smallest absolute Gasteiger partial charge is 0.421 e. The van der Waals surface area contributed by atoms with Crippen molar-refractivity contribution in [3.63, 3.8) is 0 Å². The third kappa shape index (κ3) is 8.83. The second kappa shape index (κ2) is 16.6. The monoisotopic (exact) mass is 765 g/mol. The number of nitrogens with one attached hydrogen (secondary N) is 1. The normalized spacial score (nSPS) is 10.8. The molecule has 0 saturated heterocycles. The van der Waals surface area contributed by atoms with Crippen LogP contribution in [0.5, 0.6) is 5.75 Å². The topological polar surface area (TPSA) is 123 Å². The van der Waals surface area contributed by atoms with Crippen molar-refractivity contribution in [2.45, 2.75) is 27.4 Å². The quantitative estimate of drug-likeness (QED) is 0.172. The van der Waals surface area contributed by atoms with Crippen LogP contribution in [0, 0.1) is 6.92 Å². The number of ether oxygens (including phenoxy) is 2. The van der Waals surface area contributed by atoms with Crippen LogP contribution in [0.4, 0.5) is 16.2 Å². The Labute approximate surface area is 296 Å². The lowest BCUT2D eigenvalue weighted by atomic mass is 10.2. The van der Waals surface area contributed by atoms with Gasteiger partial charge in [-0.15, -0.1) is 12.4 Å². The molecular formula is C32H31BrCl3N5O6. The Bertz CT molecular complexity index is 1830. The fourth-order valence-corrected chi connectivity index (χ4v) is 5.33. The third-order valence-corrected chi connectivity index (χ3v) is 8.48. The highest BCUT2D eigenvalue weighted by atomic mass is 79.9. The predicted molar refractivity (Wildman–Crippen MR) is 188 cm³/mol. The Morgan fingerprint density at radius 2 is 1.79 bits per heavy atom. The molecule has 0 atom stereocenters. The summed E-state index contributed by atoms with van der Waals surface area (Å²) in [6.45, 7) is 4.63. The summed E-state index contributed by atoms with van der Waals surface area (Å²) in [5.74, 6) is -0.895. The molecule has 4 rings (SSSR count). The number of halogens is 4. The Hall–Kier alpha value is -4.10. The second-order valence-corrected chi connectivity index (χ2v) is 11.4. The second-order valence-electron chi connectivity index (χ2n) is 9.85. The number of carbonyl (C=O) groups excluding carboxylic acids is 4. The maximum atomic E-state index is 13.0. The van der Waals surface area contributed by atoms with Crippen molar-refractivity contribution in [2.75, 3.05) is 30.0 Å². The molecule has 0 aliphatic rings. The van der Waals surface area contributed by atoms with E-state index in [2.05, 4.69) is 26.2 Å². The molecule has 4 amide bonds. The van der Waals surface area contributed by atoms with Gasteiger partial charge in [0.1, 0.15) is 11.2 Å². The van der Waals surface area contributed by atoms with Crippen molar-refractivity contribution >= 4 is 98.5 Å². The maximum absolute atomic E-state index is 13.0. The number of hydrogen-bond donors (Lipinski definition) is 1. The lowest BCUT2D eigenvalue weighted by molar-refractivity contribution is -0.122. The summed E-state index contributed by atoms with van der Waals surface area (Å²) in [5, 5.41) is 3.15. The molecule has 248 valence electrons. The van der Waals surface area contributed by atoms with E-state index in [0.717, 1.165) is 15.2 Å². The minimum Gasteiger partial charge on any atom is -0.485 e. The highest BCUT2D eigenvalue weighted by Gasteiger charge is 2.22. The third-order valence-electron chi connectivity index (χ3n) is 6.75. The molecule has 11 nitrogen and oxygen atoms in total. The van der Waals surface area contributed by atoms with Gasteiger partial charge in [0.2, 0.25) is 17.7 Å². The van der Waals surface area contributed by atoms with Gasteiger partial charge in [-0.25, -0.2) is 14.7 Å². The average molecular weight is 768 g/mol. The summed E-state index contributed by atoms with van der Waals surface area (Å²) in [6.07, 6.45) is 3.88. The van der Waals surface area contributed by atoms with E-state index in [1.807, 2.05) is 23.6 Å². The summed E-state index contributed by atoms with van der Waals surface area (Å²) < 4.78 is 13.6. The molecule has 0 spiro atoms. The SMILES string of the molecule is CCOC(=O)N(C(C)=O)c1ccc(C=CC(=O)NCC(=O)N(C)c2ccc(Cl)c(COc3cccn4c(Br)c(C)nc34)c2Cl)cc1.Cl. The number of anilines is 2. The predicted octanol–water partition coefficient (Wildman–Crippen LogP) is 7.01. The van der Waals surface area contributed by atoms with Crippen molar-refractivity contribution in [3.05, 3.63) is 92.3 Å². The lowest BCUT2D eigenvalue weighted by Gasteiger charge is -2.21. The molecule has 0 bridgehead atoms. The Morgan fingerprint density at radius 1 is 1.09 bits per heavy atom. The van der Waals surface area contributed by atoms with Gasteiger partial charge in [0.25, 0.3) is 0 Å². The number of carbonyl (C=O) groups is 4. The number of aromatic nitrogens is 2. The molecule has 1 N–H and O–H groups in total. The molecular weight excluding hydrogens is 737 g/mol. The van der Waals surface area contributed by atoms with Crippen LogP contribution >= 0.6 is 51.5 Å². The number of benzene rings is 2.